The number of aromatic hydroxyl groups is 1. The number of allylic oxidation sites excluding steroid dienone is 2. The van der Waals surface area contributed by atoms with Crippen molar-refractivity contribution in [3.05, 3.63) is 41.3 Å². The molecule has 0 spiro atoms. The molecule has 0 saturated heterocycles. The Morgan fingerprint density at radius 2 is 2.03 bits per heavy atom. The Morgan fingerprint density at radius 3 is 2.83 bits per heavy atom. The molecule has 3 aliphatic carbocycles. The SMILES string of the molecule is O=C(O)CCC/C=C\C[C@@H]1C[C@H]2C[C@@H](C2)[C@@H]1NC(=O)c1csc2ccc(O)cc12. The van der Waals surface area contributed by atoms with Crippen molar-refractivity contribution in [2.75, 3.05) is 0 Å². The van der Waals surface area contributed by atoms with Crippen LogP contribution in [0, 0.1) is 17.8 Å². The standard InChI is InChI=1S/C23H27NO4S/c25-17-7-8-20-18(12-17)19(13-29-20)23(28)24-22-15(9-14-10-16(22)11-14)5-3-1-2-4-6-21(26)27/h1,3,7-8,12-16,22,25H,2,4-6,9-11H2,(H,24,28)(H,26,27)/b3-1-/t14-,15-,16-,22-/m1/s1. The Hall–Kier alpha value is -2.34. The molecule has 2 atom stereocenters. The van der Waals surface area contributed by atoms with Crippen LogP contribution in [0.5, 0.6) is 5.75 Å². The molecule has 1 aromatic heterocycles. The number of phenols is 1. The maximum Gasteiger partial charge on any atom is 0.303 e. The van der Waals surface area contributed by atoms with E-state index in [-0.39, 0.29) is 24.1 Å². The zero-order valence-corrected chi connectivity index (χ0v) is 17.2. The molecule has 2 aromatic rings. The summed E-state index contributed by atoms with van der Waals surface area (Å²) in [5.74, 6) is 1.16. The van der Waals surface area contributed by atoms with E-state index in [0.717, 1.165) is 35.3 Å². The first-order chi connectivity index (χ1) is 14.0. The van der Waals surface area contributed by atoms with Crippen LogP contribution in [0.1, 0.15) is 55.3 Å². The Kier molecular flexibility index (Phi) is 5.90. The third-order valence-corrected chi connectivity index (χ3v) is 7.35. The summed E-state index contributed by atoms with van der Waals surface area (Å²) in [6.07, 6.45) is 10.4. The minimum Gasteiger partial charge on any atom is -0.508 e. The summed E-state index contributed by atoms with van der Waals surface area (Å²) in [6.45, 7) is 0. The lowest BCUT2D eigenvalue weighted by Gasteiger charge is -2.51. The van der Waals surface area contributed by atoms with Crippen molar-refractivity contribution in [2.24, 2.45) is 17.8 Å². The Bertz CT molecular complexity index is 928. The predicted octanol–water partition coefficient (Wildman–Crippen LogP) is 4.95. The Balaban J connectivity index is 1.40. The third-order valence-electron chi connectivity index (χ3n) is 6.39. The van der Waals surface area contributed by atoms with Crippen LogP contribution in [-0.2, 0) is 4.79 Å². The smallest absolute Gasteiger partial charge is 0.303 e. The number of carboxylic acids is 1. The average molecular weight is 414 g/mol. The van der Waals surface area contributed by atoms with E-state index in [1.807, 2.05) is 11.4 Å². The fourth-order valence-corrected chi connectivity index (χ4v) is 5.81. The van der Waals surface area contributed by atoms with Crippen LogP contribution in [0.4, 0.5) is 0 Å². The average Bonchev–Trinajstić information content (AvgIpc) is 3.07. The van der Waals surface area contributed by atoms with Crippen molar-refractivity contribution in [1.29, 1.82) is 0 Å². The van der Waals surface area contributed by atoms with Gasteiger partial charge in [0.15, 0.2) is 0 Å². The first-order valence-electron chi connectivity index (χ1n) is 10.4. The molecule has 5 nitrogen and oxygen atoms in total. The summed E-state index contributed by atoms with van der Waals surface area (Å²) < 4.78 is 1.00. The second kappa shape index (κ2) is 8.57. The normalized spacial score (nSPS) is 25.8. The van der Waals surface area contributed by atoms with E-state index in [2.05, 4.69) is 17.5 Å². The number of hydrogen-bond acceptors (Lipinski definition) is 4. The molecule has 0 radical (unpaired) electrons. The van der Waals surface area contributed by atoms with Crippen molar-refractivity contribution in [1.82, 2.24) is 5.32 Å². The van der Waals surface area contributed by atoms with Crippen molar-refractivity contribution in [3.8, 4) is 5.75 Å². The quantitative estimate of drug-likeness (QED) is 0.422. The first-order valence-corrected chi connectivity index (χ1v) is 11.3. The van der Waals surface area contributed by atoms with Gasteiger partial charge in [0.2, 0.25) is 0 Å². The molecule has 1 amide bonds. The van der Waals surface area contributed by atoms with Gasteiger partial charge < -0.3 is 15.5 Å². The van der Waals surface area contributed by atoms with Gasteiger partial charge in [-0.3, -0.25) is 9.59 Å². The molecule has 1 aromatic carbocycles. The lowest BCUT2D eigenvalue weighted by molar-refractivity contribution is -0.137. The lowest BCUT2D eigenvalue weighted by atomic mass is 9.58. The van der Waals surface area contributed by atoms with Gasteiger partial charge in [0.25, 0.3) is 5.91 Å². The van der Waals surface area contributed by atoms with Gasteiger partial charge in [-0.1, -0.05) is 12.2 Å². The maximum absolute atomic E-state index is 13.0. The second-order valence-electron chi connectivity index (χ2n) is 8.42. The van der Waals surface area contributed by atoms with E-state index >= 15 is 0 Å². The van der Waals surface area contributed by atoms with E-state index in [1.165, 1.54) is 24.2 Å². The molecule has 3 N–H and O–H groups in total. The molecule has 3 aliphatic rings. The van der Waals surface area contributed by atoms with E-state index < -0.39 is 5.97 Å². The molecule has 3 saturated carbocycles. The molecule has 29 heavy (non-hydrogen) atoms. The number of benzene rings is 1. The number of carbonyl (C=O) groups excluding carboxylic acids is 1. The summed E-state index contributed by atoms with van der Waals surface area (Å²) >= 11 is 1.52. The maximum atomic E-state index is 13.0. The van der Waals surface area contributed by atoms with Crippen LogP contribution < -0.4 is 5.32 Å². The number of aliphatic carboxylic acids is 1. The van der Waals surface area contributed by atoms with Gasteiger partial charge in [0.05, 0.1) is 5.56 Å². The molecule has 0 aliphatic heterocycles. The molecule has 1 heterocycles. The number of hydrogen-bond donors (Lipinski definition) is 3. The lowest BCUT2D eigenvalue weighted by Crippen LogP contribution is -2.54. The fraction of sp³-hybridized carbons (Fsp3) is 0.478. The van der Waals surface area contributed by atoms with Gasteiger partial charge in [-0.2, -0.15) is 0 Å². The van der Waals surface area contributed by atoms with Gasteiger partial charge in [0.1, 0.15) is 5.75 Å². The summed E-state index contributed by atoms with van der Waals surface area (Å²) in [5, 5.41) is 24.5. The largest absolute Gasteiger partial charge is 0.508 e. The number of rotatable bonds is 8. The van der Waals surface area contributed by atoms with Crippen molar-refractivity contribution < 1.29 is 19.8 Å². The van der Waals surface area contributed by atoms with Crippen LogP contribution in [0.15, 0.2) is 35.7 Å². The molecule has 6 heteroatoms. The zero-order chi connectivity index (χ0) is 20.4. The van der Waals surface area contributed by atoms with Crippen LogP contribution in [0.3, 0.4) is 0 Å². The highest BCUT2D eigenvalue weighted by Gasteiger charge is 2.45. The fourth-order valence-electron chi connectivity index (χ4n) is 4.89. The highest BCUT2D eigenvalue weighted by molar-refractivity contribution is 7.17. The number of thiophene rings is 1. The Morgan fingerprint density at radius 1 is 1.21 bits per heavy atom. The third kappa shape index (κ3) is 4.47. The number of nitrogens with one attached hydrogen (secondary N) is 1. The summed E-state index contributed by atoms with van der Waals surface area (Å²) in [5.41, 5.74) is 0.644. The minimum atomic E-state index is -0.747. The number of fused-ring (bicyclic) bond motifs is 3. The van der Waals surface area contributed by atoms with Crippen molar-refractivity contribution in [2.45, 2.75) is 51.0 Å². The molecular weight excluding hydrogens is 386 g/mol. The van der Waals surface area contributed by atoms with Crippen LogP contribution in [-0.4, -0.2) is 28.1 Å². The minimum absolute atomic E-state index is 0.0485. The summed E-state index contributed by atoms with van der Waals surface area (Å²) in [6, 6.07) is 5.34. The Labute approximate surface area is 174 Å². The van der Waals surface area contributed by atoms with E-state index in [4.69, 9.17) is 5.11 Å². The number of unbranched alkanes of at least 4 members (excludes halogenated alkanes) is 1. The number of phenolic OH excluding ortho intramolecular Hbond substituents is 1. The highest BCUT2D eigenvalue weighted by atomic mass is 32.1. The van der Waals surface area contributed by atoms with Crippen LogP contribution in [0.2, 0.25) is 0 Å². The molecule has 2 bridgehead atoms. The van der Waals surface area contributed by atoms with E-state index in [9.17, 15) is 14.7 Å². The van der Waals surface area contributed by atoms with E-state index in [0.29, 0.717) is 23.8 Å². The first kappa shape index (κ1) is 20.0. The highest BCUT2D eigenvalue weighted by Crippen LogP contribution is 2.49. The monoisotopic (exact) mass is 413 g/mol. The predicted molar refractivity (Wildman–Crippen MR) is 114 cm³/mol. The van der Waals surface area contributed by atoms with Gasteiger partial charge in [-0.25, -0.2) is 0 Å². The van der Waals surface area contributed by atoms with Crippen LogP contribution in [0.25, 0.3) is 10.1 Å². The van der Waals surface area contributed by atoms with Crippen LogP contribution >= 0.6 is 11.3 Å². The number of carboxylic acid groups (broad SMARTS) is 1. The second-order valence-corrected chi connectivity index (χ2v) is 9.33. The van der Waals surface area contributed by atoms with Crippen molar-refractivity contribution >= 4 is 33.3 Å². The zero-order valence-electron chi connectivity index (χ0n) is 16.3. The van der Waals surface area contributed by atoms with Gasteiger partial charge in [0, 0.05) is 27.9 Å². The van der Waals surface area contributed by atoms with Gasteiger partial charge >= 0.3 is 5.97 Å². The summed E-state index contributed by atoms with van der Waals surface area (Å²) in [7, 11) is 0. The summed E-state index contributed by atoms with van der Waals surface area (Å²) in [4.78, 5) is 23.6. The van der Waals surface area contributed by atoms with Gasteiger partial charge in [-0.05, 0) is 74.5 Å². The molecule has 3 fully saturated rings. The number of amides is 1. The molecular formula is C23H27NO4S. The van der Waals surface area contributed by atoms with Gasteiger partial charge in [-0.15, -0.1) is 11.3 Å². The molecule has 154 valence electrons. The molecule has 5 rings (SSSR count). The van der Waals surface area contributed by atoms with E-state index in [1.54, 1.807) is 12.1 Å². The number of carbonyl (C=O) groups is 2. The topological polar surface area (TPSA) is 86.6 Å². The molecule has 0 unspecified atom stereocenters. The van der Waals surface area contributed by atoms with Crippen molar-refractivity contribution in [3.63, 3.8) is 0 Å².